The van der Waals surface area contributed by atoms with E-state index in [1.54, 1.807) is 0 Å². The number of nitrogens with zero attached hydrogens (tertiary/aromatic N) is 1. The number of H-pyrrole nitrogens is 1. The second-order valence-corrected chi connectivity index (χ2v) is 5.67. The number of hydrogen-bond donors (Lipinski definition) is 1. The quantitative estimate of drug-likeness (QED) is 0.542. The van der Waals surface area contributed by atoms with Crippen molar-refractivity contribution in [2.24, 2.45) is 0 Å². The molecule has 11 heteroatoms. The smallest absolute Gasteiger partial charge is 0.333 e. The number of alkyl halides is 6. The lowest BCUT2D eigenvalue weighted by molar-refractivity contribution is -0.141. The molecule has 0 unspecified atom stereocenters. The molecule has 0 aliphatic heterocycles. The maximum absolute atomic E-state index is 13.9. The predicted octanol–water partition coefficient (Wildman–Crippen LogP) is 5.78. The van der Waals surface area contributed by atoms with Gasteiger partial charge in [0, 0.05) is 4.47 Å². The standard InChI is InChI=1S/C11H3Br2F7N2/c12-4-1-3(10(15,16)17)2-5(14)6(4)9-21-7(8(13)22-9)11(18,19)20/h1-2H,(H,21,22). The first kappa shape index (κ1) is 17.3. The van der Waals surface area contributed by atoms with Gasteiger partial charge in [0.15, 0.2) is 5.69 Å². The minimum Gasteiger partial charge on any atom is -0.333 e. The third-order valence-electron chi connectivity index (χ3n) is 2.55. The largest absolute Gasteiger partial charge is 0.433 e. The molecule has 0 atom stereocenters. The maximum atomic E-state index is 13.9. The fraction of sp³-hybridized carbons (Fsp3) is 0.182. The first-order valence-corrected chi connectivity index (χ1v) is 6.89. The third kappa shape index (κ3) is 3.29. The van der Waals surface area contributed by atoms with Crippen LogP contribution in [0.4, 0.5) is 30.7 Å². The van der Waals surface area contributed by atoms with Crippen molar-refractivity contribution in [3.8, 4) is 11.4 Å². The van der Waals surface area contributed by atoms with Crippen molar-refractivity contribution in [2.45, 2.75) is 12.4 Å². The Morgan fingerprint density at radius 2 is 1.55 bits per heavy atom. The first-order chi connectivity index (χ1) is 9.91. The Balaban J connectivity index is 2.60. The van der Waals surface area contributed by atoms with Crippen LogP contribution in [0.15, 0.2) is 21.2 Å². The number of aromatic amines is 1. The molecule has 0 saturated carbocycles. The minimum atomic E-state index is -4.79. The Kier molecular flexibility index (Phi) is 4.33. The van der Waals surface area contributed by atoms with Crippen LogP contribution >= 0.6 is 31.9 Å². The zero-order valence-electron chi connectivity index (χ0n) is 10.0. The number of halogens is 9. The summed E-state index contributed by atoms with van der Waals surface area (Å²) in [6.07, 6.45) is -9.57. The van der Waals surface area contributed by atoms with Gasteiger partial charge in [-0.25, -0.2) is 9.37 Å². The van der Waals surface area contributed by atoms with Gasteiger partial charge in [0.05, 0.1) is 11.1 Å². The van der Waals surface area contributed by atoms with Gasteiger partial charge in [0.25, 0.3) is 0 Å². The number of rotatable bonds is 1. The van der Waals surface area contributed by atoms with Crippen LogP contribution in [0.2, 0.25) is 0 Å². The van der Waals surface area contributed by atoms with E-state index < -0.39 is 45.4 Å². The number of aromatic nitrogens is 2. The molecule has 0 bridgehead atoms. The van der Waals surface area contributed by atoms with Crippen LogP contribution in [0.1, 0.15) is 11.3 Å². The normalized spacial score (nSPS) is 12.8. The molecule has 2 nitrogen and oxygen atoms in total. The molecule has 2 rings (SSSR count). The van der Waals surface area contributed by atoms with Crippen molar-refractivity contribution >= 4 is 31.9 Å². The number of nitrogens with one attached hydrogen (secondary N) is 1. The van der Waals surface area contributed by atoms with Gasteiger partial charge in [-0.2, -0.15) is 26.3 Å². The van der Waals surface area contributed by atoms with Gasteiger partial charge in [-0.3, -0.25) is 0 Å². The van der Waals surface area contributed by atoms with Crippen molar-refractivity contribution < 1.29 is 30.7 Å². The Morgan fingerprint density at radius 3 is 1.95 bits per heavy atom. The van der Waals surface area contributed by atoms with Crippen molar-refractivity contribution in [2.75, 3.05) is 0 Å². The molecule has 0 aliphatic carbocycles. The molecule has 120 valence electrons. The van der Waals surface area contributed by atoms with E-state index in [0.29, 0.717) is 6.07 Å². The van der Waals surface area contributed by atoms with Crippen molar-refractivity contribution in [1.82, 2.24) is 9.97 Å². The molecule has 0 aliphatic rings. The summed E-state index contributed by atoms with van der Waals surface area (Å²) in [5, 5.41) is 0. The summed E-state index contributed by atoms with van der Waals surface area (Å²) in [5.74, 6) is -1.92. The number of hydrogen-bond acceptors (Lipinski definition) is 1. The summed E-state index contributed by atoms with van der Waals surface area (Å²) in [6.45, 7) is 0. The van der Waals surface area contributed by atoms with Gasteiger partial charge in [0.2, 0.25) is 0 Å². The van der Waals surface area contributed by atoms with Crippen LogP contribution in [-0.2, 0) is 12.4 Å². The van der Waals surface area contributed by atoms with Crippen LogP contribution in [-0.4, -0.2) is 9.97 Å². The van der Waals surface area contributed by atoms with E-state index in [1.807, 2.05) is 4.98 Å². The molecule has 0 spiro atoms. The molecule has 0 saturated heterocycles. The summed E-state index contributed by atoms with van der Waals surface area (Å²) in [4.78, 5) is 5.29. The fourth-order valence-electron chi connectivity index (χ4n) is 1.62. The third-order valence-corrected chi connectivity index (χ3v) is 3.75. The lowest BCUT2D eigenvalue weighted by Crippen LogP contribution is -2.07. The molecule has 22 heavy (non-hydrogen) atoms. The Morgan fingerprint density at radius 1 is 0.955 bits per heavy atom. The van der Waals surface area contributed by atoms with E-state index in [2.05, 4.69) is 36.8 Å². The topological polar surface area (TPSA) is 28.7 Å². The summed E-state index contributed by atoms with van der Waals surface area (Å²) in [6, 6.07) is 0.742. The average molecular weight is 456 g/mol. The van der Waals surface area contributed by atoms with E-state index in [-0.39, 0.29) is 10.5 Å². The van der Waals surface area contributed by atoms with E-state index in [0.717, 1.165) is 0 Å². The highest BCUT2D eigenvalue weighted by atomic mass is 79.9. The number of imidazole rings is 1. The van der Waals surface area contributed by atoms with Crippen LogP contribution in [0.5, 0.6) is 0 Å². The minimum absolute atomic E-state index is 0.184. The zero-order valence-corrected chi connectivity index (χ0v) is 13.2. The van der Waals surface area contributed by atoms with Gasteiger partial charge in [-0.05, 0) is 44.0 Å². The zero-order chi connectivity index (χ0) is 16.9. The molecule has 1 aromatic heterocycles. The molecular formula is C11H3Br2F7N2. The second kappa shape index (κ2) is 5.52. The molecule has 0 amide bonds. The van der Waals surface area contributed by atoms with Gasteiger partial charge >= 0.3 is 12.4 Å². The van der Waals surface area contributed by atoms with Gasteiger partial charge < -0.3 is 4.98 Å². The lowest BCUT2D eigenvalue weighted by Gasteiger charge is -2.10. The maximum Gasteiger partial charge on any atom is 0.433 e. The summed E-state index contributed by atoms with van der Waals surface area (Å²) in [5.41, 5.74) is -3.08. The van der Waals surface area contributed by atoms with Crippen LogP contribution in [0.3, 0.4) is 0 Å². The first-order valence-electron chi connectivity index (χ1n) is 5.30. The summed E-state index contributed by atoms with van der Waals surface area (Å²) in [7, 11) is 0. The highest BCUT2D eigenvalue weighted by molar-refractivity contribution is 9.10. The average Bonchev–Trinajstić information content (AvgIpc) is 2.68. The number of benzene rings is 1. The van der Waals surface area contributed by atoms with E-state index in [1.165, 1.54) is 0 Å². The van der Waals surface area contributed by atoms with Crippen LogP contribution < -0.4 is 0 Å². The van der Waals surface area contributed by atoms with Gasteiger partial charge in [-0.1, -0.05) is 0 Å². The van der Waals surface area contributed by atoms with Crippen molar-refractivity contribution in [3.05, 3.63) is 38.3 Å². The van der Waals surface area contributed by atoms with E-state index in [9.17, 15) is 30.7 Å². The highest BCUT2D eigenvalue weighted by Gasteiger charge is 2.37. The second-order valence-electron chi connectivity index (χ2n) is 4.06. The highest BCUT2D eigenvalue weighted by Crippen LogP contribution is 2.39. The molecule has 1 aromatic carbocycles. The van der Waals surface area contributed by atoms with Crippen LogP contribution in [0, 0.1) is 5.82 Å². The molecular weight excluding hydrogens is 453 g/mol. The Labute approximate surface area is 135 Å². The Hall–Kier alpha value is -1.10. The summed E-state index contributed by atoms with van der Waals surface area (Å²) < 4.78 is 88.4. The van der Waals surface area contributed by atoms with Gasteiger partial charge in [0.1, 0.15) is 16.2 Å². The molecule has 2 aromatic rings. The molecule has 0 fully saturated rings. The monoisotopic (exact) mass is 454 g/mol. The molecule has 1 N–H and O–H groups in total. The predicted molar refractivity (Wildman–Crippen MR) is 69.4 cm³/mol. The lowest BCUT2D eigenvalue weighted by atomic mass is 10.1. The fourth-order valence-corrected chi connectivity index (χ4v) is 2.75. The molecule has 1 heterocycles. The van der Waals surface area contributed by atoms with Gasteiger partial charge in [-0.15, -0.1) is 0 Å². The van der Waals surface area contributed by atoms with Crippen molar-refractivity contribution in [3.63, 3.8) is 0 Å². The van der Waals surface area contributed by atoms with Crippen molar-refractivity contribution in [1.29, 1.82) is 0 Å². The molecule has 0 radical (unpaired) electrons. The van der Waals surface area contributed by atoms with Crippen LogP contribution in [0.25, 0.3) is 11.4 Å². The van der Waals surface area contributed by atoms with E-state index in [4.69, 9.17) is 0 Å². The van der Waals surface area contributed by atoms with E-state index >= 15 is 0 Å². The Bertz CT molecular complexity index is 695. The summed E-state index contributed by atoms with van der Waals surface area (Å²) >= 11 is 5.28. The SMILES string of the molecule is Fc1cc(C(F)(F)F)cc(Br)c1-c1nc(Br)c(C(F)(F)F)[nH]1.